The predicted octanol–water partition coefficient (Wildman–Crippen LogP) is 6.03. The van der Waals surface area contributed by atoms with E-state index in [0.717, 1.165) is 28.7 Å². The largest absolute Gasteiger partial charge is 0.493 e. The molecule has 1 fully saturated rings. The van der Waals surface area contributed by atoms with Crippen LogP contribution < -0.4 is 20.1 Å². The van der Waals surface area contributed by atoms with Crippen LogP contribution in [0.25, 0.3) is 0 Å². The number of carbonyl (C=O) groups excluding carboxylic acids is 3. The van der Waals surface area contributed by atoms with Gasteiger partial charge in [-0.1, -0.05) is 37.3 Å². The first-order chi connectivity index (χ1) is 20.4. The molecule has 0 spiro atoms. The minimum absolute atomic E-state index is 0.353. The summed E-state index contributed by atoms with van der Waals surface area (Å²) in [4.78, 5) is 41.9. The molecule has 3 aromatic carbocycles. The van der Waals surface area contributed by atoms with Crippen molar-refractivity contribution in [3.05, 3.63) is 82.4 Å². The number of carbonyl (C=O) groups is 3. The van der Waals surface area contributed by atoms with Gasteiger partial charge in [0.15, 0.2) is 11.5 Å². The van der Waals surface area contributed by atoms with Crippen LogP contribution in [0.1, 0.15) is 60.4 Å². The number of Topliss-reactive ketones (excluding diaryl/α,β-unsaturated/α-hetero) is 1. The highest BCUT2D eigenvalue weighted by molar-refractivity contribution is 6.10. The molecule has 4 rings (SSSR count). The van der Waals surface area contributed by atoms with Crippen molar-refractivity contribution in [3.63, 3.8) is 0 Å². The van der Waals surface area contributed by atoms with Crippen molar-refractivity contribution in [2.24, 2.45) is 11.8 Å². The van der Waals surface area contributed by atoms with Crippen molar-refractivity contribution < 1.29 is 29.0 Å². The van der Waals surface area contributed by atoms with E-state index in [1.54, 1.807) is 30.3 Å². The van der Waals surface area contributed by atoms with Crippen molar-refractivity contribution in [2.75, 3.05) is 24.4 Å². The Morgan fingerprint density at radius 1 is 0.907 bits per heavy atom. The Bertz CT molecular complexity index is 1530. The van der Waals surface area contributed by atoms with Crippen LogP contribution in [-0.2, 0) is 14.4 Å². The van der Waals surface area contributed by atoms with Gasteiger partial charge >= 0.3 is 0 Å². The van der Waals surface area contributed by atoms with Gasteiger partial charge in [0, 0.05) is 23.7 Å². The number of nitrogens with one attached hydrogen (secondary N) is 2. The van der Waals surface area contributed by atoms with Crippen LogP contribution in [-0.4, -0.2) is 42.0 Å². The molecule has 8 nitrogen and oxygen atoms in total. The molecule has 0 aliphatic heterocycles. The van der Waals surface area contributed by atoms with Gasteiger partial charge in [0.2, 0.25) is 11.8 Å². The molecule has 1 aliphatic carbocycles. The number of hydrogen-bond donors (Lipinski definition) is 3. The quantitative estimate of drug-likeness (QED) is 0.264. The summed E-state index contributed by atoms with van der Waals surface area (Å²) in [7, 11) is 1.51. The Balaban J connectivity index is 1.84. The topological polar surface area (TPSA) is 114 Å². The first-order valence-corrected chi connectivity index (χ1v) is 14.7. The summed E-state index contributed by atoms with van der Waals surface area (Å²) in [5.41, 5.74) is 3.73. The van der Waals surface area contributed by atoms with Crippen LogP contribution in [0.3, 0.4) is 0 Å². The van der Waals surface area contributed by atoms with Gasteiger partial charge < -0.3 is 25.2 Å². The molecule has 0 bridgehead atoms. The zero-order valence-electron chi connectivity index (χ0n) is 26.0. The van der Waals surface area contributed by atoms with Gasteiger partial charge in [-0.15, -0.1) is 0 Å². The van der Waals surface area contributed by atoms with Gasteiger partial charge in [0.05, 0.1) is 25.2 Å². The van der Waals surface area contributed by atoms with Crippen molar-refractivity contribution in [1.29, 1.82) is 0 Å². The van der Waals surface area contributed by atoms with Crippen LogP contribution in [0.5, 0.6) is 11.5 Å². The van der Waals surface area contributed by atoms with E-state index in [0.29, 0.717) is 35.0 Å². The molecule has 3 aromatic rings. The average molecular weight is 587 g/mol. The molecule has 4 unspecified atom stereocenters. The lowest BCUT2D eigenvalue weighted by molar-refractivity contribution is -0.150. The maximum Gasteiger partial charge on any atom is 0.235 e. The SMILES string of the molecule is CCCOc1ccc(C2C(C(=O)Nc3cccc(C)c3C)C(=O)CC(C)(O)C2C(=O)Nc2cccc(C)c2C)cc1OC. The molecule has 43 heavy (non-hydrogen) atoms. The van der Waals surface area contributed by atoms with Gasteiger partial charge in [-0.2, -0.15) is 0 Å². The molecular weight excluding hydrogens is 544 g/mol. The van der Waals surface area contributed by atoms with Gasteiger partial charge in [0.1, 0.15) is 11.7 Å². The number of aliphatic hydroxyl groups is 1. The van der Waals surface area contributed by atoms with Gasteiger partial charge in [-0.25, -0.2) is 0 Å². The van der Waals surface area contributed by atoms with Crippen molar-refractivity contribution in [2.45, 2.75) is 65.9 Å². The Morgan fingerprint density at radius 3 is 2.05 bits per heavy atom. The number of methoxy groups -OCH3 is 1. The maximum absolute atomic E-state index is 14.2. The lowest BCUT2D eigenvalue weighted by Crippen LogP contribution is -2.56. The average Bonchev–Trinajstić information content (AvgIpc) is 2.95. The second kappa shape index (κ2) is 13.0. The second-order valence-corrected chi connectivity index (χ2v) is 11.7. The Kier molecular flexibility index (Phi) is 9.60. The van der Waals surface area contributed by atoms with E-state index in [1.807, 2.05) is 58.9 Å². The monoisotopic (exact) mass is 586 g/mol. The molecule has 228 valence electrons. The Hall–Kier alpha value is -4.17. The minimum Gasteiger partial charge on any atom is -0.493 e. The van der Waals surface area contributed by atoms with E-state index < -0.39 is 41.0 Å². The summed E-state index contributed by atoms with van der Waals surface area (Å²) in [6.45, 7) is 11.7. The Labute approximate surface area is 253 Å². The molecule has 8 heteroatoms. The van der Waals surface area contributed by atoms with Crippen LogP contribution in [0.15, 0.2) is 54.6 Å². The maximum atomic E-state index is 14.2. The van der Waals surface area contributed by atoms with E-state index in [2.05, 4.69) is 10.6 Å². The molecule has 0 radical (unpaired) electrons. The highest BCUT2D eigenvalue weighted by atomic mass is 16.5. The summed E-state index contributed by atoms with van der Waals surface area (Å²) < 4.78 is 11.5. The van der Waals surface area contributed by atoms with Crippen LogP contribution in [0.2, 0.25) is 0 Å². The van der Waals surface area contributed by atoms with Crippen LogP contribution in [0, 0.1) is 39.5 Å². The molecule has 0 saturated heterocycles. The summed E-state index contributed by atoms with van der Waals surface area (Å²) in [6, 6.07) is 16.3. The number of rotatable bonds is 9. The molecule has 0 aromatic heterocycles. The first-order valence-electron chi connectivity index (χ1n) is 14.7. The smallest absolute Gasteiger partial charge is 0.235 e. The van der Waals surface area contributed by atoms with E-state index >= 15 is 0 Å². The number of amides is 2. The third-order valence-electron chi connectivity index (χ3n) is 8.59. The zero-order chi connectivity index (χ0) is 31.5. The van der Waals surface area contributed by atoms with E-state index in [9.17, 15) is 19.5 Å². The number of aryl methyl sites for hydroxylation is 2. The molecule has 0 heterocycles. The second-order valence-electron chi connectivity index (χ2n) is 11.7. The number of anilines is 2. The van der Waals surface area contributed by atoms with E-state index in [1.165, 1.54) is 14.0 Å². The van der Waals surface area contributed by atoms with Crippen molar-refractivity contribution in [1.82, 2.24) is 0 Å². The number of ether oxygens (including phenoxy) is 2. The molecule has 1 aliphatic rings. The van der Waals surface area contributed by atoms with Gasteiger partial charge in [-0.3, -0.25) is 14.4 Å². The van der Waals surface area contributed by atoms with E-state index in [4.69, 9.17) is 9.47 Å². The molecule has 2 amide bonds. The molecule has 3 N–H and O–H groups in total. The number of benzene rings is 3. The van der Waals surface area contributed by atoms with E-state index in [-0.39, 0.29) is 6.42 Å². The summed E-state index contributed by atoms with van der Waals surface area (Å²) in [6.07, 6.45) is 0.445. The highest BCUT2D eigenvalue weighted by Gasteiger charge is 2.56. The van der Waals surface area contributed by atoms with Crippen molar-refractivity contribution in [3.8, 4) is 11.5 Å². The molecular formula is C35H42N2O6. The van der Waals surface area contributed by atoms with Gasteiger partial charge in [0.25, 0.3) is 0 Å². The fraction of sp³-hybridized carbons (Fsp3) is 0.400. The fourth-order valence-electron chi connectivity index (χ4n) is 5.91. The highest BCUT2D eigenvalue weighted by Crippen LogP contribution is 2.48. The predicted molar refractivity (Wildman–Crippen MR) is 168 cm³/mol. The standard InChI is InChI=1S/C35H42N2O6/c1-8-17-43-28-16-15-24(18-29(28)42-7)30-31(33(39)36-25-13-9-11-20(2)22(25)4)27(38)19-35(6,41)32(30)34(40)37-26-14-10-12-21(3)23(26)5/h9-16,18,30-32,41H,8,17,19H2,1-7H3,(H,36,39)(H,37,40). The lowest BCUT2D eigenvalue weighted by Gasteiger charge is -2.44. The normalized spacial score (nSPS) is 21.7. The summed E-state index contributed by atoms with van der Waals surface area (Å²) in [5.74, 6) is -3.94. The number of ketones is 1. The minimum atomic E-state index is -1.73. The number of hydrogen-bond acceptors (Lipinski definition) is 6. The van der Waals surface area contributed by atoms with Crippen LogP contribution >= 0.6 is 0 Å². The molecule has 4 atom stereocenters. The zero-order valence-corrected chi connectivity index (χ0v) is 26.0. The Morgan fingerprint density at radius 2 is 1.49 bits per heavy atom. The first kappa shape index (κ1) is 31.8. The third kappa shape index (κ3) is 6.59. The van der Waals surface area contributed by atoms with Gasteiger partial charge in [-0.05, 0) is 93.1 Å². The summed E-state index contributed by atoms with van der Waals surface area (Å²) in [5, 5.41) is 17.6. The fourth-order valence-corrected chi connectivity index (χ4v) is 5.91. The molecule has 1 saturated carbocycles. The third-order valence-corrected chi connectivity index (χ3v) is 8.59. The van der Waals surface area contributed by atoms with Crippen molar-refractivity contribution >= 4 is 29.0 Å². The van der Waals surface area contributed by atoms with Crippen LogP contribution in [0.4, 0.5) is 11.4 Å². The lowest BCUT2D eigenvalue weighted by atomic mass is 9.61. The summed E-state index contributed by atoms with van der Waals surface area (Å²) >= 11 is 0.